The van der Waals surface area contributed by atoms with E-state index < -0.39 is 24.3 Å². The van der Waals surface area contributed by atoms with E-state index in [-0.39, 0.29) is 18.8 Å². The Morgan fingerprint density at radius 3 is 2.45 bits per heavy atom. The number of aliphatic hydroxyl groups is 1. The van der Waals surface area contributed by atoms with Gasteiger partial charge in [-0.05, 0) is 52.7 Å². The molecule has 1 saturated heterocycles. The first-order chi connectivity index (χ1) is 20.4. The van der Waals surface area contributed by atoms with Gasteiger partial charge < -0.3 is 24.6 Å². The van der Waals surface area contributed by atoms with Gasteiger partial charge in [-0.2, -0.15) is 4.68 Å². The first-order valence-electron chi connectivity index (χ1n) is 13.4. The van der Waals surface area contributed by atoms with Gasteiger partial charge in [-0.25, -0.2) is 0 Å². The van der Waals surface area contributed by atoms with Crippen molar-refractivity contribution in [1.82, 2.24) is 20.2 Å². The molecule has 42 heavy (non-hydrogen) atoms. The lowest BCUT2D eigenvalue weighted by atomic mass is 10.0. The zero-order valence-electron chi connectivity index (χ0n) is 23.1. The van der Waals surface area contributed by atoms with Crippen molar-refractivity contribution in [2.75, 3.05) is 11.1 Å². The van der Waals surface area contributed by atoms with Crippen LogP contribution in [0, 0.1) is 0 Å². The Kier molecular flexibility index (Phi) is 9.59. The minimum absolute atomic E-state index is 0.0323. The topological polar surface area (TPSA) is 138 Å². The molecule has 4 unspecified atom stereocenters. The predicted molar refractivity (Wildman–Crippen MR) is 155 cm³/mol. The van der Waals surface area contributed by atoms with E-state index in [1.54, 1.807) is 16.8 Å². The lowest BCUT2D eigenvalue weighted by molar-refractivity contribution is -0.245. The van der Waals surface area contributed by atoms with Crippen molar-refractivity contribution < 1.29 is 28.9 Å². The van der Waals surface area contributed by atoms with Gasteiger partial charge in [0.2, 0.25) is 5.16 Å². The lowest BCUT2D eigenvalue weighted by Crippen LogP contribution is -2.31. The summed E-state index contributed by atoms with van der Waals surface area (Å²) in [5.74, 6) is -0.366. The molecule has 1 fully saturated rings. The van der Waals surface area contributed by atoms with Crippen molar-refractivity contribution in [1.29, 1.82) is 0 Å². The highest BCUT2D eigenvalue weighted by atomic mass is 32.2. The number of anilines is 1. The number of hydrogen-bond acceptors (Lipinski definition) is 10. The summed E-state index contributed by atoms with van der Waals surface area (Å²) in [6, 6.07) is 24.5. The maximum absolute atomic E-state index is 12.3. The Morgan fingerprint density at radius 2 is 1.76 bits per heavy atom. The number of aromatic nitrogens is 4. The third-order valence-electron chi connectivity index (χ3n) is 6.62. The number of benzene rings is 3. The number of nitrogens with zero attached hydrogens (tertiary/aromatic N) is 4. The van der Waals surface area contributed by atoms with Gasteiger partial charge in [0.1, 0.15) is 0 Å². The maximum atomic E-state index is 12.3. The van der Waals surface area contributed by atoms with E-state index in [1.807, 2.05) is 66.7 Å². The van der Waals surface area contributed by atoms with Gasteiger partial charge in [-0.1, -0.05) is 66.4 Å². The van der Waals surface area contributed by atoms with E-state index in [4.69, 9.17) is 14.2 Å². The van der Waals surface area contributed by atoms with Gasteiger partial charge in [0.15, 0.2) is 12.4 Å². The van der Waals surface area contributed by atoms with Gasteiger partial charge in [-0.3, -0.25) is 9.59 Å². The fraction of sp³-hybridized carbons (Fsp3) is 0.300. The first kappa shape index (κ1) is 29.4. The summed E-state index contributed by atoms with van der Waals surface area (Å²) in [5, 5.41) is 25.1. The van der Waals surface area contributed by atoms with Crippen LogP contribution in [-0.2, 0) is 30.4 Å². The quantitative estimate of drug-likeness (QED) is 0.202. The van der Waals surface area contributed by atoms with Crippen LogP contribution < -0.4 is 5.32 Å². The van der Waals surface area contributed by atoms with Crippen LogP contribution in [0.25, 0.3) is 5.69 Å². The van der Waals surface area contributed by atoms with E-state index in [0.29, 0.717) is 23.0 Å². The molecule has 3 aromatic carbocycles. The third-order valence-corrected chi connectivity index (χ3v) is 7.67. The van der Waals surface area contributed by atoms with Crippen molar-refractivity contribution in [2.24, 2.45) is 0 Å². The molecule has 2 N–H and O–H groups in total. The van der Waals surface area contributed by atoms with E-state index in [9.17, 15) is 14.7 Å². The highest BCUT2D eigenvalue weighted by molar-refractivity contribution is 7.99. The summed E-state index contributed by atoms with van der Waals surface area (Å²) in [4.78, 5) is 23.5. The van der Waals surface area contributed by atoms with Crippen molar-refractivity contribution in [2.45, 2.75) is 56.6 Å². The van der Waals surface area contributed by atoms with Crippen LogP contribution in [0.2, 0.25) is 0 Å². The van der Waals surface area contributed by atoms with Crippen molar-refractivity contribution in [3.8, 4) is 5.69 Å². The molecular formula is C30H31N5O6S. The highest BCUT2D eigenvalue weighted by Gasteiger charge is 2.32. The molecule has 1 aliphatic rings. The zero-order chi connectivity index (χ0) is 29.5. The number of aliphatic hydroxyl groups excluding tert-OH is 1. The molecule has 5 rings (SSSR count). The molecular weight excluding hydrogens is 558 g/mol. The number of carbonyl (C=O) groups is 2. The molecule has 4 aromatic rings. The molecule has 1 aromatic heterocycles. The Morgan fingerprint density at radius 1 is 1.05 bits per heavy atom. The molecule has 12 heteroatoms. The van der Waals surface area contributed by atoms with Gasteiger partial charge in [0.25, 0.3) is 5.91 Å². The fourth-order valence-corrected chi connectivity index (χ4v) is 5.37. The molecule has 1 amide bonds. The number of ether oxygens (including phenoxy) is 3. The molecule has 0 saturated carbocycles. The second-order valence-electron chi connectivity index (χ2n) is 9.73. The van der Waals surface area contributed by atoms with E-state index in [0.717, 1.165) is 22.4 Å². The van der Waals surface area contributed by atoms with E-state index in [2.05, 4.69) is 20.8 Å². The first-order valence-corrected chi connectivity index (χ1v) is 14.4. The second-order valence-corrected chi connectivity index (χ2v) is 10.7. The van der Waals surface area contributed by atoms with Crippen molar-refractivity contribution in [3.05, 3.63) is 95.6 Å². The Labute approximate surface area is 247 Å². The number of amides is 1. The standard InChI is InChI=1S/C30H31N5O6S/c1-19(39-20(2)37)28(38)31-24-14-12-23(13-15-24)29-40-26(16-27(41-29)22-10-8-21(17-36)9-11-22)18-42-30-32-33-34-35(30)25-6-4-3-5-7-25/h3-15,19,26-27,29,36H,16-18H2,1-2H3,(H,31,38). The van der Waals surface area contributed by atoms with Gasteiger partial charge >= 0.3 is 5.97 Å². The van der Waals surface area contributed by atoms with Gasteiger partial charge in [-0.15, -0.1) is 5.10 Å². The molecule has 4 atom stereocenters. The molecule has 0 bridgehead atoms. The number of carbonyl (C=O) groups excluding carboxylic acids is 2. The Bertz CT molecular complexity index is 1480. The summed E-state index contributed by atoms with van der Waals surface area (Å²) < 4.78 is 19.5. The summed E-state index contributed by atoms with van der Waals surface area (Å²) in [6.07, 6.45) is -1.41. The van der Waals surface area contributed by atoms with Crippen molar-refractivity contribution >= 4 is 29.3 Å². The molecule has 0 spiro atoms. The summed E-state index contributed by atoms with van der Waals surface area (Å²) in [6.45, 7) is 2.74. The smallest absolute Gasteiger partial charge is 0.303 e. The van der Waals surface area contributed by atoms with Gasteiger partial charge in [0, 0.05) is 30.3 Å². The van der Waals surface area contributed by atoms with E-state index in [1.165, 1.54) is 25.6 Å². The monoisotopic (exact) mass is 589 g/mol. The molecule has 218 valence electrons. The number of rotatable bonds is 10. The van der Waals surface area contributed by atoms with Crippen LogP contribution in [0.5, 0.6) is 0 Å². The third kappa shape index (κ3) is 7.39. The highest BCUT2D eigenvalue weighted by Crippen LogP contribution is 2.39. The number of thioether (sulfide) groups is 1. The molecule has 11 nitrogen and oxygen atoms in total. The number of hydrogen-bond donors (Lipinski definition) is 2. The number of nitrogens with one attached hydrogen (secondary N) is 1. The Hall–Kier alpha value is -4.10. The largest absolute Gasteiger partial charge is 0.453 e. The summed E-state index contributed by atoms with van der Waals surface area (Å²) in [5.41, 5.74) is 4.00. The molecule has 1 aliphatic heterocycles. The normalized spacial score (nSPS) is 19.2. The second kappa shape index (κ2) is 13.7. The van der Waals surface area contributed by atoms with Crippen LogP contribution in [0.3, 0.4) is 0 Å². The fourth-order valence-electron chi connectivity index (χ4n) is 4.46. The van der Waals surface area contributed by atoms with Crippen LogP contribution in [0.4, 0.5) is 5.69 Å². The maximum Gasteiger partial charge on any atom is 0.303 e. The lowest BCUT2D eigenvalue weighted by Gasteiger charge is -2.36. The zero-order valence-corrected chi connectivity index (χ0v) is 23.9. The van der Waals surface area contributed by atoms with Crippen LogP contribution in [0.1, 0.15) is 49.4 Å². The average Bonchev–Trinajstić information content (AvgIpc) is 3.49. The summed E-state index contributed by atoms with van der Waals surface area (Å²) >= 11 is 1.50. The summed E-state index contributed by atoms with van der Waals surface area (Å²) in [7, 11) is 0. The minimum Gasteiger partial charge on any atom is -0.453 e. The van der Waals surface area contributed by atoms with Crippen LogP contribution >= 0.6 is 11.8 Å². The van der Waals surface area contributed by atoms with Gasteiger partial charge in [0.05, 0.1) is 24.5 Å². The van der Waals surface area contributed by atoms with Crippen LogP contribution in [-0.4, -0.2) is 55.2 Å². The van der Waals surface area contributed by atoms with Crippen LogP contribution in [0.15, 0.2) is 84.0 Å². The minimum atomic E-state index is -0.911. The SMILES string of the molecule is CC(=O)OC(C)C(=O)Nc1ccc(C2OC(CSc3nnnn3-c3ccccc3)CC(c3ccc(CO)cc3)O2)cc1. The predicted octanol–water partition coefficient (Wildman–Crippen LogP) is 4.38. The molecule has 0 aliphatic carbocycles. The van der Waals surface area contributed by atoms with Crippen molar-refractivity contribution in [3.63, 3.8) is 0 Å². The number of para-hydroxylation sites is 1. The Balaban J connectivity index is 1.31. The molecule has 2 heterocycles. The van der Waals surface area contributed by atoms with E-state index >= 15 is 0 Å². The number of esters is 1. The number of tetrazole rings is 1. The average molecular weight is 590 g/mol. The molecule has 0 radical (unpaired) electrons.